The van der Waals surface area contributed by atoms with E-state index in [4.69, 9.17) is 5.11 Å². The van der Waals surface area contributed by atoms with Crippen molar-refractivity contribution < 1.29 is 9.90 Å². The number of hydrogen-bond acceptors (Lipinski definition) is 4. The molecule has 0 saturated carbocycles. The summed E-state index contributed by atoms with van der Waals surface area (Å²) in [6.45, 7) is 4.36. The summed E-state index contributed by atoms with van der Waals surface area (Å²) in [4.78, 5) is 13.6. The Balaban J connectivity index is 2.63. The lowest BCUT2D eigenvalue weighted by atomic mass is 10.1. The number of likely N-dealkylation sites (N-methyl/N-ethyl adjacent to an activating group) is 1. The van der Waals surface area contributed by atoms with Crippen LogP contribution in [0.15, 0.2) is 0 Å². The Morgan fingerprint density at radius 1 is 1.79 bits per heavy atom. The second-order valence-corrected chi connectivity index (χ2v) is 3.60. The van der Waals surface area contributed by atoms with E-state index in [1.54, 1.807) is 7.05 Å². The lowest BCUT2D eigenvalue weighted by molar-refractivity contribution is -0.127. The SMILES string of the molecule is CNC(=O)C1CNCCN1C(C)CO. The topological polar surface area (TPSA) is 64.6 Å². The number of piperazine rings is 1. The number of carbonyl (C=O) groups excluding carboxylic acids is 1. The van der Waals surface area contributed by atoms with Crippen molar-refractivity contribution in [3.05, 3.63) is 0 Å². The summed E-state index contributed by atoms with van der Waals surface area (Å²) in [6, 6.07) is -0.115. The first-order chi connectivity index (χ1) is 6.70. The molecule has 2 unspecified atom stereocenters. The smallest absolute Gasteiger partial charge is 0.238 e. The molecule has 0 aromatic carbocycles. The van der Waals surface area contributed by atoms with Crippen molar-refractivity contribution >= 4 is 5.91 Å². The highest BCUT2D eigenvalue weighted by molar-refractivity contribution is 5.81. The maximum Gasteiger partial charge on any atom is 0.238 e. The monoisotopic (exact) mass is 201 g/mol. The highest BCUT2D eigenvalue weighted by Gasteiger charge is 2.30. The van der Waals surface area contributed by atoms with E-state index in [9.17, 15) is 4.79 Å². The summed E-state index contributed by atoms with van der Waals surface area (Å²) >= 11 is 0. The number of aliphatic hydroxyl groups is 1. The minimum atomic E-state index is -0.157. The van der Waals surface area contributed by atoms with Crippen LogP contribution in [0.1, 0.15) is 6.92 Å². The van der Waals surface area contributed by atoms with Crippen LogP contribution in [0.2, 0.25) is 0 Å². The highest BCUT2D eigenvalue weighted by Crippen LogP contribution is 2.08. The van der Waals surface area contributed by atoms with Gasteiger partial charge in [0.2, 0.25) is 5.91 Å². The number of aliphatic hydroxyl groups excluding tert-OH is 1. The lowest BCUT2D eigenvalue weighted by Crippen LogP contribution is -2.60. The zero-order valence-electron chi connectivity index (χ0n) is 8.79. The molecule has 1 fully saturated rings. The van der Waals surface area contributed by atoms with E-state index in [2.05, 4.69) is 10.6 Å². The standard InChI is InChI=1S/C9H19N3O2/c1-7(6-13)12-4-3-11-5-8(12)9(14)10-2/h7-8,11,13H,3-6H2,1-2H3,(H,10,14). The minimum absolute atomic E-state index is 0.0116. The van der Waals surface area contributed by atoms with E-state index in [0.29, 0.717) is 6.54 Å². The molecule has 5 heteroatoms. The quantitative estimate of drug-likeness (QED) is 0.514. The van der Waals surface area contributed by atoms with Crippen molar-refractivity contribution in [1.29, 1.82) is 0 Å². The van der Waals surface area contributed by atoms with Gasteiger partial charge in [-0.1, -0.05) is 0 Å². The van der Waals surface area contributed by atoms with E-state index in [-0.39, 0.29) is 24.6 Å². The molecule has 0 aromatic rings. The van der Waals surface area contributed by atoms with Gasteiger partial charge in [-0.3, -0.25) is 9.69 Å². The molecule has 0 bridgehead atoms. The van der Waals surface area contributed by atoms with Gasteiger partial charge >= 0.3 is 0 Å². The van der Waals surface area contributed by atoms with Gasteiger partial charge in [0, 0.05) is 32.7 Å². The van der Waals surface area contributed by atoms with E-state index >= 15 is 0 Å². The average molecular weight is 201 g/mol. The number of hydrogen-bond donors (Lipinski definition) is 3. The first-order valence-corrected chi connectivity index (χ1v) is 4.99. The van der Waals surface area contributed by atoms with Crippen LogP contribution in [0.25, 0.3) is 0 Å². The van der Waals surface area contributed by atoms with E-state index < -0.39 is 0 Å². The fraction of sp³-hybridized carbons (Fsp3) is 0.889. The first kappa shape index (κ1) is 11.4. The molecule has 0 aromatic heterocycles. The van der Waals surface area contributed by atoms with Gasteiger partial charge in [0.05, 0.1) is 6.61 Å². The normalized spacial score (nSPS) is 25.8. The second kappa shape index (κ2) is 5.29. The molecule has 14 heavy (non-hydrogen) atoms. The fourth-order valence-corrected chi connectivity index (χ4v) is 1.76. The molecule has 0 aliphatic carbocycles. The molecule has 1 rings (SSSR count). The van der Waals surface area contributed by atoms with Crippen LogP contribution in [-0.4, -0.2) is 61.3 Å². The molecule has 1 amide bonds. The van der Waals surface area contributed by atoms with Crippen LogP contribution in [0, 0.1) is 0 Å². The van der Waals surface area contributed by atoms with Gasteiger partial charge in [-0.05, 0) is 6.92 Å². The summed E-state index contributed by atoms with van der Waals surface area (Å²) in [7, 11) is 1.64. The van der Waals surface area contributed by atoms with Crippen LogP contribution in [0.4, 0.5) is 0 Å². The Morgan fingerprint density at radius 3 is 3.07 bits per heavy atom. The third-order valence-electron chi connectivity index (χ3n) is 2.66. The average Bonchev–Trinajstić information content (AvgIpc) is 2.27. The molecule has 1 saturated heterocycles. The maximum atomic E-state index is 11.5. The van der Waals surface area contributed by atoms with Crippen molar-refractivity contribution in [2.75, 3.05) is 33.3 Å². The molecule has 1 heterocycles. The molecule has 0 radical (unpaired) electrons. The molecule has 82 valence electrons. The molecule has 3 N–H and O–H groups in total. The van der Waals surface area contributed by atoms with Crippen LogP contribution in [-0.2, 0) is 4.79 Å². The van der Waals surface area contributed by atoms with Crippen molar-refractivity contribution in [1.82, 2.24) is 15.5 Å². The van der Waals surface area contributed by atoms with Crippen LogP contribution in [0.5, 0.6) is 0 Å². The predicted octanol–water partition coefficient (Wildman–Crippen LogP) is -1.61. The third-order valence-corrected chi connectivity index (χ3v) is 2.66. The molecule has 2 atom stereocenters. The Bertz CT molecular complexity index is 198. The summed E-state index contributed by atoms with van der Waals surface area (Å²) < 4.78 is 0. The summed E-state index contributed by atoms with van der Waals surface area (Å²) in [5, 5.41) is 14.9. The van der Waals surface area contributed by atoms with Crippen LogP contribution < -0.4 is 10.6 Å². The van der Waals surface area contributed by atoms with Crippen LogP contribution >= 0.6 is 0 Å². The Hall–Kier alpha value is -0.650. The summed E-state index contributed by atoms with van der Waals surface area (Å²) in [5.41, 5.74) is 0. The van der Waals surface area contributed by atoms with Crippen molar-refractivity contribution in [2.24, 2.45) is 0 Å². The zero-order valence-corrected chi connectivity index (χ0v) is 8.79. The summed E-state index contributed by atoms with van der Waals surface area (Å²) in [5.74, 6) is 0.0116. The third kappa shape index (κ3) is 2.43. The van der Waals surface area contributed by atoms with Gasteiger partial charge in [0.25, 0.3) is 0 Å². The number of carbonyl (C=O) groups is 1. The largest absolute Gasteiger partial charge is 0.395 e. The molecular formula is C9H19N3O2. The van der Waals surface area contributed by atoms with Crippen molar-refractivity contribution in [3.63, 3.8) is 0 Å². The first-order valence-electron chi connectivity index (χ1n) is 4.99. The molecule has 1 aliphatic heterocycles. The van der Waals surface area contributed by atoms with E-state index in [0.717, 1.165) is 13.1 Å². The number of amides is 1. The van der Waals surface area contributed by atoms with Gasteiger partial charge in [-0.25, -0.2) is 0 Å². The zero-order chi connectivity index (χ0) is 10.6. The number of nitrogens with one attached hydrogen (secondary N) is 2. The minimum Gasteiger partial charge on any atom is -0.395 e. The molecule has 5 nitrogen and oxygen atoms in total. The molecule has 1 aliphatic rings. The summed E-state index contributed by atoms with van der Waals surface area (Å²) in [6.07, 6.45) is 0. The maximum absolute atomic E-state index is 11.5. The van der Waals surface area contributed by atoms with Gasteiger partial charge in [-0.15, -0.1) is 0 Å². The number of rotatable bonds is 3. The Labute approximate surface area is 84.5 Å². The fourth-order valence-electron chi connectivity index (χ4n) is 1.76. The van der Waals surface area contributed by atoms with Gasteiger partial charge in [0.15, 0.2) is 0 Å². The number of nitrogens with zero attached hydrogens (tertiary/aromatic N) is 1. The van der Waals surface area contributed by atoms with Gasteiger partial charge < -0.3 is 15.7 Å². The Kier molecular flexibility index (Phi) is 4.31. The molecule has 0 spiro atoms. The van der Waals surface area contributed by atoms with Crippen molar-refractivity contribution in [3.8, 4) is 0 Å². The predicted molar refractivity (Wildman–Crippen MR) is 54.0 cm³/mol. The van der Waals surface area contributed by atoms with Crippen LogP contribution in [0.3, 0.4) is 0 Å². The van der Waals surface area contributed by atoms with Crippen molar-refractivity contribution in [2.45, 2.75) is 19.0 Å². The van der Waals surface area contributed by atoms with E-state index in [1.807, 2.05) is 11.8 Å². The second-order valence-electron chi connectivity index (χ2n) is 3.60. The van der Waals surface area contributed by atoms with E-state index in [1.165, 1.54) is 0 Å². The van der Waals surface area contributed by atoms with Gasteiger partial charge in [0.1, 0.15) is 6.04 Å². The highest BCUT2D eigenvalue weighted by atomic mass is 16.3. The Morgan fingerprint density at radius 2 is 2.50 bits per heavy atom. The lowest BCUT2D eigenvalue weighted by Gasteiger charge is -2.38. The molecular weight excluding hydrogens is 182 g/mol. The van der Waals surface area contributed by atoms with Gasteiger partial charge in [-0.2, -0.15) is 0 Å².